The van der Waals surface area contributed by atoms with Crippen LogP contribution in [-0.4, -0.2) is 17.8 Å². The van der Waals surface area contributed by atoms with Crippen LogP contribution in [0.1, 0.15) is 17.0 Å². The first kappa shape index (κ1) is 17.8. The zero-order valence-electron chi connectivity index (χ0n) is 14.0. The van der Waals surface area contributed by atoms with Crippen LogP contribution in [0.2, 0.25) is 10.0 Å². The van der Waals surface area contributed by atoms with E-state index in [2.05, 4.69) is 9.98 Å². The summed E-state index contributed by atoms with van der Waals surface area (Å²) in [6.07, 6.45) is 3.40. The van der Waals surface area contributed by atoms with Crippen molar-refractivity contribution in [2.45, 2.75) is 6.54 Å². The highest BCUT2D eigenvalue weighted by molar-refractivity contribution is 6.45. The summed E-state index contributed by atoms with van der Waals surface area (Å²) in [4.78, 5) is 8.73. The van der Waals surface area contributed by atoms with Gasteiger partial charge < -0.3 is 4.74 Å². The van der Waals surface area contributed by atoms with Crippen molar-refractivity contribution in [3.8, 4) is 11.4 Å². The van der Waals surface area contributed by atoms with E-state index in [1.165, 1.54) is 13.2 Å². The first-order chi connectivity index (χ1) is 13.0. The largest absolute Gasteiger partial charge is 0.494 e. The lowest BCUT2D eigenvalue weighted by Crippen LogP contribution is -2.37. The molecule has 27 heavy (non-hydrogen) atoms. The highest BCUT2D eigenvalue weighted by atomic mass is 35.5. The molecule has 0 bridgehead atoms. The molecule has 1 aliphatic heterocycles. The van der Waals surface area contributed by atoms with Gasteiger partial charge in [0.2, 0.25) is 0 Å². The van der Waals surface area contributed by atoms with Crippen LogP contribution in [0.4, 0.5) is 8.78 Å². The summed E-state index contributed by atoms with van der Waals surface area (Å²) in [6, 6.07) is 7.42. The number of aromatic nitrogens is 2. The van der Waals surface area contributed by atoms with Crippen molar-refractivity contribution in [2.24, 2.45) is 4.99 Å². The lowest BCUT2D eigenvalue weighted by atomic mass is 9.98. The molecule has 0 radical (unpaired) electrons. The van der Waals surface area contributed by atoms with Crippen molar-refractivity contribution >= 4 is 28.9 Å². The van der Waals surface area contributed by atoms with Gasteiger partial charge in [-0.15, -0.1) is 0 Å². The lowest BCUT2D eigenvalue weighted by Gasteiger charge is -2.14. The van der Waals surface area contributed by atoms with Gasteiger partial charge in [-0.05, 0) is 24.3 Å². The molecule has 0 aliphatic carbocycles. The molecule has 0 atom stereocenters. The molecule has 0 saturated heterocycles. The first-order valence-electron chi connectivity index (χ1n) is 7.94. The average Bonchev–Trinajstić information content (AvgIpc) is 2.83. The number of halogens is 4. The second-order valence-corrected chi connectivity index (χ2v) is 6.55. The number of aliphatic imine (C=N–C) groups is 1. The van der Waals surface area contributed by atoms with Gasteiger partial charge in [0.1, 0.15) is 30.4 Å². The van der Waals surface area contributed by atoms with Crippen LogP contribution in [-0.2, 0) is 6.54 Å². The van der Waals surface area contributed by atoms with E-state index in [0.717, 1.165) is 6.07 Å². The van der Waals surface area contributed by atoms with Crippen molar-refractivity contribution in [3.05, 3.63) is 81.4 Å². The Morgan fingerprint density at radius 3 is 2.70 bits per heavy atom. The fourth-order valence-electron chi connectivity index (χ4n) is 3.05. The van der Waals surface area contributed by atoms with Gasteiger partial charge in [0.25, 0.3) is 0 Å². The molecule has 0 saturated carbocycles. The lowest BCUT2D eigenvalue weighted by molar-refractivity contribution is -0.607. The molecule has 0 N–H and O–H groups in total. The summed E-state index contributed by atoms with van der Waals surface area (Å²) in [5.74, 6) is -1.14. The van der Waals surface area contributed by atoms with Crippen LogP contribution in [0.3, 0.4) is 0 Å². The number of rotatable bonds is 2. The fraction of sp³-hybridized carbons (Fsp3) is 0.105. The van der Waals surface area contributed by atoms with Crippen LogP contribution in [0.25, 0.3) is 5.69 Å². The van der Waals surface area contributed by atoms with E-state index in [9.17, 15) is 8.78 Å². The van der Waals surface area contributed by atoms with Gasteiger partial charge in [0, 0.05) is 6.07 Å². The third kappa shape index (κ3) is 2.85. The van der Waals surface area contributed by atoms with E-state index in [0.29, 0.717) is 17.1 Å². The van der Waals surface area contributed by atoms with Crippen molar-refractivity contribution in [1.29, 1.82) is 0 Å². The molecule has 3 aromatic rings. The standard InChI is InChI=1S/C19H12Cl2F2N3O/c1-27-13-6-4-11(22)15(18(13)23)19-16-12(5-3-10(20)17(16)21)26-8-2-7-24-14(26)9-25-19/h2-8H,9H2,1H3/q+1. The van der Waals surface area contributed by atoms with E-state index in [4.69, 9.17) is 27.9 Å². The molecule has 8 heteroatoms. The minimum Gasteiger partial charge on any atom is -0.494 e. The Balaban J connectivity index is 2.09. The average molecular weight is 407 g/mol. The Bertz CT molecular complexity index is 1100. The van der Waals surface area contributed by atoms with E-state index in [-0.39, 0.29) is 33.6 Å². The molecule has 2 heterocycles. The summed E-state index contributed by atoms with van der Waals surface area (Å²) in [5, 5.41) is 0.401. The number of ether oxygens (including phenoxy) is 1. The maximum absolute atomic E-state index is 15.0. The van der Waals surface area contributed by atoms with Crippen LogP contribution in [0.5, 0.6) is 5.75 Å². The quantitative estimate of drug-likeness (QED) is 0.595. The number of benzene rings is 2. The number of nitrogens with zero attached hydrogens (tertiary/aromatic N) is 3. The Kier molecular flexibility index (Phi) is 4.53. The number of methoxy groups -OCH3 is 1. The van der Waals surface area contributed by atoms with Gasteiger partial charge in [-0.3, -0.25) is 4.99 Å². The number of hydrogen-bond acceptors (Lipinski definition) is 3. The summed E-state index contributed by atoms with van der Waals surface area (Å²) in [7, 11) is 1.31. The Hall–Kier alpha value is -2.57. The van der Waals surface area contributed by atoms with Crippen LogP contribution in [0, 0.1) is 11.6 Å². The second kappa shape index (κ2) is 6.87. The molecule has 4 nitrogen and oxygen atoms in total. The van der Waals surface area contributed by atoms with Gasteiger partial charge >= 0.3 is 5.82 Å². The summed E-state index contributed by atoms with van der Waals surface area (Å²) >= 11 is 12.6. The summed E-state index contributed by atoms with van der Waals surface area (Å²) < 4.78 is 36.4. The van der Waals surface area contributed by atoms with Crippen LogP contribution < -0.4 is 9.30 Å². The predicted molar refractivity (Wildman–Crippen MR) is 98.0 cm³/mol. The monoisotopic (exact) mass is 406 g/mol. The Labute approximate surface area is 163 Å². The number of hydrogen-bond donors (Lipinski definition) is 0. The third-order valence-corrected chi connectivity index (χ3v) is 5.09. The third-order valence-electron chi connectivity index (χ3n) is 4.28. The van der Waals surface area contributed by atoms with Crippen molar-refractivity contribution in [1.82, 2.24) is 4.98 Å². The van der Waals surface area contributed by atoms with Crippen molar-refractivity contribution < 1.29 is 18.1 Å². The van der Waals surface area contributed by atoms with Gasteiger partial charge in [-0.1, -0.05) is 28.2 Å². The molecule has 4 rings (SSSR count). The fourth-order valence-corrected chi connectivity index (χ4v) is 3.45. The zero-order chi connectivity index (χ0) is 19.1. The second-order valence-electron chi connectivity index (χ2n) is 5.76. The summed E-state index contributed by atoms with van der Waals surface area (Å²) in [5.41, 5.74) is 0.627. The van der Waals surface area contributed by atoms with E-state index in [1.54, 1.807) is 35.2 Å². The Morgan fingerprint density at radius 1 is 1.11 bits per heavy atom. The molecule has 0 amide bonds. The molecule has 0 fully saturated rings. The van der Waals surface area contributed by atoms with Crippen molar-refractivity contribution in [2.75, 3.05) is 7.11 Å². The highest BCUT2D eigenvalue weighted by Crippen LogP contribution is 2.35. The van der Waals surface area contributed by atoms with Gasteiger partial charge in [0.05, 0.1) is 34.0 Å². The van der Waals surface area contributed by atoms with E-state index < -0.39 is 11.6 Å². The summed E-state index contributed by atoms with van der Waals surface area (Å²) in [6.45, 7) is 0.106. The number of fused-ring (bicyclic) bond motifs is 3. The molecule has 1 aliphatic rings. The normalized spacial score (nSPS) is 12.7. The van der Waals surface area contributed by atoms with Gasteiger partial charge in [-0.2, -0.15) is 4.57 Å². The minimum atomic E-state index is -0.859. The molecule has 0 spiro atoms. The maximum atomic E-state index is 15.0. The van der Waals surface area contributed by atoms with Gasteiger partial charge in [0.15, 0.2) is 11.6 Å². The molecular weight excluding hydrogens is 395 g/mol. The van der Waals surface area contributed by atoms with Gasteiger partial charge in [-0.25, -0.2) is 8.78 Å². The van der Waals surface area contributed by atoms with Crippen LogP contribution in [0.15, 0.2) is 47.7 Å². The first-order valence-corrected chi connectivity index (χ1v) is 8.69. The smallest absolute Gasteiger partial charge is 0.324 e. The molecule has 1 aromatic heterocycles. The molecule has 2 aromatic carbocycles. The zero-order valence-corrected chi connectivity index (χ0v) is 15.5. The predicted octanol–water partition coefficient (Wildman–Crippen LogP) is 4.30. The highest BCUT2D eigenvalue weighted by Gasteiger charge is 2.31. The molecular formula is C19H12Cl2F2N3O+. The molecule has 0 unspecified atom stereocenters. The van der Waals surface area contributed by atoms with E-state index in [1.807, 2.05) is 0 Å². The van der Waals surface area contributed by atoms with Crippen LogP contribution >= 0.6 is 23.2 Å². The van der Waals surface area contributed by atoms with Crippen molar-refractivity contribution in [3.63, 3.8) is 0 Å². The van der Waals surface area contributed by atoms with E-state index >= 15 is 0 Å². The SMILES string of the molecule is COc1ccc(F)c(C2=NCc3nccc[n+]3-c3ccc(Cl)c(Cl)c32)c1F. The maximum Gasteiger partial charge on any atom is 0.324 e. The topological polar surface area (TPSA) is 38.4 Å². The minimum absolute atomic E-state index is 0.0527. The molecule has 136 valence electrons. The Morgan fingerprint density at radius 2 is 1.93 bits per heavy atom.